The highest BCUT2D eigenvalue weighted by Crippen LogP contribution is 2.13. The van der Waals surface area contributed by atoms with Gasteiger partial charge in [-0.25, -0.2) is 0 Å². The molecule has 1 heterocycles. The van der Waals surface area contributed by atoms with E-state index in [9.17, 15) is 0 Å². The van der Waals surface area contributed by atoms with Crippen molar-refractivity contribution in [3.8, 4) is 0 Å². The zero-order valence-electron chi connectivity index (χ0n) is 13.3. The maximum Gasteiger partial charge on any atom is 0.0936 e. The van der Waals surface area contributed by atoms with E-state index in [4.69, 9.17) is 4.74 Å². The Labute approximate surface area is 120 Å². The summed E-state index contributed by atoms with van der Waals surface area (Å²) in [5, 5.41) is 0. The Bertz CT molecular complexity index is 192. The number of unbranched alkanes of at least 4 members (excludes halogenated alkanes) is 9. The standard InChI is InChI=1S/C17H35NO/c1-3-5-6-7-8-9-10-11-12-13-14-18(4-2)15-17-16-19-17/h17H,3-16H2,1-2H3. The fourth-order valence-corrected chi connectivity index (χ4v) is 2.66. The summed E-state index contributed by atoms with van der Waals surface area (Å²) in [6.45, 7) is 9.15. The Kier molecular flexibility index (Phi) is 10.5. The maximum absolute atomic E-state index is 5.30. The van der Waals surface area contributed by atoms with Crippen molar-refractivity contribution in [1.29, 1.82) is 0 Å². The molecule has 0 saturated carbocycles. The van der Waals surface area contributed by atoms with E-state index < -0.39 is 0 Å². The normalized spacial score (nSPS) is 18.2. The molecule has 1 rings (SSSR count). The largest absolute Gasteiger partial charge is 0.372 e. The van der Waals surface area contributed by atoms with Crippen molar-refractivity contribution >= 4 is 0 Å². The highest BCUT2D eigenvalue weighted by Gasteiger charge is 2.24. The first-order valence-electron chi connectivity index (χ1n) is 8.70. The monoisotopic (exact) mass is 269 g/mol. The number of hydrogen-bond acceptors (Lipinski definition) is 2. The molecule has 0 aliphatic carbocycles. The first-order valence-corrected chi connectivity index (χ1v) is 8.70. The van der Waals surface area contributed by atoms with Gasteiger partial charge in [0.05, 0.1) is 12.7 Å². The average Bonchev–Trinajstić information content (AvgIpc) is 3.23. The van der Waals surface area contributed by atoms with Crippen molar-refractivity contribution in [2.24, 2.45) is 0 Å². The molecule has 0 aromatic rings. The van der Waals surface area contributed by atoms with Gasteiger partial charge in [-0.15, -0.1) is 0 Å². The second-order valence-electron chi connectivity index (χ2n) is 6.03. The lowest BCUT2D eigenvalue weighted by Gasteiger charge is -2.18. The number of ether oxygens (including phenoxy) is 1. The zero-order chi connectivity index (χ0) is 13.8. The van der Waals surface area contributed by atoms with E-state index >= 15 is 0 Å². The van der Waals surface area contributed by atoms with Gasteiger partial charge in [0.15, 0.2) is 0 Å². The van der Waals surface area contributed by atoms with Crippen LogP contribution in [-0.2, 0) is 4.74 Å². The van der Waals surface area contributed by atoms with Crippen LogP contribution in [0, 0.1) is 0 Å². The van der Waals surface area contributed by atoms with Crippen molar-refractivity contribution in [2.45, 2.75) is 84.2 Å². The van der Waals surface area contributed by atoms with Gasteiger partial charge in [-0.1, -0.05) is 71.6 Å². The lowest BCUT2D eigenvalue weighted by molar-refractivity contribution is 0.247. The lowest BCUT2D eigenvalue weighted by atomic mass is 10.1. The Morgan fingerprint density at radius 3 is 1.84 bits per heavy atom. The van der Waals surface area contributed by atoms with Crippen molar-refractivity contribution in [3.63, 3.8) is 0 Å². The topological polar surface area (TPSA) is 15.8 Å². The van der Waals surface area contributed by atoms with Gasteiger partial charge in [0.1, 0.15) is 0 Å². The minimum atomic E-state index is 0.558. The molecular formula is C17H35NO. The number of nitrogens with zero attached hydrogens (tertiary/aromatic N) is 1. The van der Waals surface area contributed by atoms with Crippen molar-refractivity contribution in [3.05, 3.63) is 0 Å². The molecule has 0 spiro atoms. The van der Waals surface area contributed by atoms with Crippen LogP contribution in [0.4, 0.5) is 0 Å². The number of likely N-dealkylation sites (N-methyl/N-ethyl adjacent to an activating group) is 1. The van der Waals surface area contributed by atoms with E-state index in [0.717, 1.165) is 13.2 Å². The van der Waals surface area contributed by atoms with E-state index in [1.807, 2.05) is 0 Å². The first kappa shape index (κ1) is 17.0. The van der Waals surface area contributed by atoms with Crippen LogP contribution < -0.4 is 0 Å². The molecule has 1 fully saturated rings. The molecule has 0 aromatic heterocycles. The predicted octanol–water partition coefficient (Wildman–Crippen LogP) is 4.63. The average molecular weight is 269 g/mol. The fourth-order valence-electron chi connectivity index (χ4n) is 2.66. The van der Waals surface area contributed by atoms with Gasteiger partial charge in [-0.3, -0.25) is 0 Å². The Morgan fingerprint density at radius 1 is 0.842 bits per heavy atom. The highest BCUT2D eigenvalue weighted by atomic mass is 16.6. The Hall–Kier alpha value is -0.0800. The van der Waals surface area contributed by atoms with Gasteiger partial charge < -0.3 is 9.64 Å². The second kappa shape index (κ2) is 11.7. The summed E-state index contributed by atoms with van der Waals surface area (Å²) in [4.78, 5) is 2.54. The molecule has 1 atom stereocenters. The first-order chi connectivity index (χ1) is 9.36. The van der Waals surface area contributed by atoms with Crippen LogP contribution in [0.1, 0.15) is 78.1 Å². The molecule has 0 radical (unpaired) electrons. The SMILES string of the molecule is CCCCCCCCCCCCN(CC)CC1CO1. The Balaban J connectivity index is 1.77. The molecule has 0 amide bonds. The molecule has 1 aliphatic rings. The third kappa shape index (κ3) is 10.4. The second-order valence-corrected chi connectivity index (χ2v) is 6.03. The van der Waals surface area contributed by atoms with E-state index in [2.05, 4.69) is 18.7 Å². The minimum absolute atomic E-state index is 0.558. The van der Waals surface area contributed by atoms with Crippen molar-refractivity contribution < 1.29 is 4.74 Å². The Morgan fingerprint density at radius 2 is 1.37 bits per heavy atom. The molecule has 1 aliphatic heterocycles. The van der Waals surface area contributed by atoms with Crippen LogP contribution in [0.25, 0.3) is 0 Å². The van der Waals surface area contributed by atoms with E-state index in [0.29, 0.717) is 6.10 Å². The van der Waals surface area contributed by atoms with Crippen molar-refractivity contribution in [1.82, 2.24) is 4.90 Å². The van der Waals surface area contributed by atoms with Crippen LogP contribution in [0.2, 0.25) is 0 Å². The van der Waals surface area contributed by atoms with Gasteiger partial charge in [-0.2, -0.15) is 0 Å². The fraction of sp³-hybridized carbons (Fsp3) is 1.00. The van der Waals surface area contributed by atoms with Crippen LogP contribution in [-0.4, -0.2) is 37.2 Å². The molecule has 2 nitrogen and oxygen atoms in total. The third-order valence-corrected chi connectivity index (χ3v) is 4.14. The molecule has 19 heavy (non-hydrogen) atoms. The van der Waals surface area contributed by atoms with E-state index in [-0.39, 0.29) is 0 Å². The van der Waals surface area contributed by atoms with E-state index in [1.165, 1.54) is 77.3 Å². The molecule has 2 heteroatoms. The van der Waals surface area contributed by atoms with E-state index in [1.54, 1.807) is 0 Å². The predicted molar refractivity (Wildman–Crippen MR) is 83.7 cm³/mol. The molecular weight excluding hydrogens is 234 g/mol. The summed E-state index contributed by atoms with van der Waals surface area (Å²) in [6.07, 6.45) is 14.8. The summed E-state index contributed by atoms with van der Waals surface area (Å²) < 4.78 is 5.30. The highest BCUT2D eigenvalue weighted by molar-refractivity contribution is 4.73. The molecule has 0 bridgehead atoms. The summed E-state index contributed by atoms with van der Waals surface area (Å²) in [5.74, 6) is 0. The molecule has 1 saturated heterocycles. The maximum atomic E-state index is 5.30. The molecule has 1 unspecified atom stereocenters. The summed E-state index contributed by atoms with van der Waals surface area (Å²) in [5.41, 5.74) is 0. The van der Waals surface area contributed by atoms with Crippen LogP contribution >= 0.6 is 0 Å². The molecule has 0 aromatic carbocycles. The zero-order valence-corrected chi connectivity index (χ0v) is 13.3. The summed E-state index contributed by atoms with van der Waals surface area (Å²) in [6, 6.07) is 0. The molecule has 114 valence electrons. The van der Waals surface area contributed by atoms with Crippen molar-refractivity contribution in [2.75, 3.05) is 26.2 Å². The smallest absolute Gasteiger partial charge is 0.0936 e. The number of epoxide rings is 1. The van der Waals surface area contributed by atoms with Gasteiger partial charge in [0, 0.05) is 6.54 Å². The summed E-state index contributed by atoms with van der Waals surface area (Å²) in [7, 11) is 0. The van der Waals surface area contributed by atoms with Crippen LogP contribution in [0.5, 0.6) is 0 Å². The lowest BCUT2D eigenvalue weighted by Crippen LogP contribution is -2.28. The summed E-state index contributed by atoms with van der Waals surface area (Å²) >= 11 is 0. The minimum Gasteiger partial charge on any atom is -0.372 e. The third-order valence-electron chi connectivity index (χ3n) is 4.14. The van der Waals surface area contributed by atoms with Crippen LogP contribution in [0.15, 0.2) is 0 Å². The van der Waals surface area contributed by atoms with Crippen LogP contribution in [0.3, 0.4) is 0 Å². The van der Waals surface area contributed by atoms with Gasteiger partial charge in [-0.05, 0) is 19.5 Å². The molecule has 0 N–H and O–H groups in total. The quantitative estimate of drug-likeness (QED) is 0.337. The van der Waals surface area contributed by atoms with Gasteiger partial charge >= 0.3 is 0 Å². The number of hydrogen-bond donors (Lipinski definition) is 0. The van der Waals surface area contributed by atoms with Gasteiger partial charge in [0.2, 0.25) is 0 Å². The van der Waals surface area contributed by atoms with Gasteiger partial charge in [0.25, 0.3) is 0 Å². The number of rotatable bonds is 14.